The summed E-state index contributed by atoms with van der Waals surface area (Å²) in [7, 11) is -2.28. The zero-order chi connectivity index (χ0) is 16.3. The Balaban J connectivity index is 2.15. The standard InChI is InChI=1S/C14H20N2O5S/c1-16(11-5-3-2-4-6-11)22(20,21)15-12-8-7-10(14(18)19)9-13(12)17/h7-9,11,15,17H,2-6H2,1H3,(H,18,19). The minimum absolute atomic E-state index is 0.0346. The van der Waals surface area contributed by atoms with E-state index in [0.717, 1.165) is 38.2 Å². The maximum absolute atomic E-state index is 12.4. The molecule has 1 aliphatic rings. The van der Waals surface area contributed by atoms with Crippen molar-refractivity contribution >= 4 is 21.9 Å². The molecule has 0 radical (unpaired) electrons. The maximum atomic E-state index is 12.4. The summed E-state index contributed by atoms with van der Waals surface area (Å²) >= 11 is 0. The highest BCUT2D eigenvalue weighted by Crippen LogP contribution is 2.28. The van der Waals surface area contributed by atoms with Crippen LogP contribution < -0.4 is 4.72 Å². The van der Waals surface area contributed by atoms with Crippen molar-refractivity contribution in [2.75, 3.05) is 11.8 Å². The zero-order valence-corrected chi connectivity index (χ0v) is 13.1. The van der Waals surface area contributed by atoms with Crippen LogP contribution in [0, 0.1) is 0 Å². The zero-order valence-electron chi connectivity index (χ0n) is 12.3. The summed E-state index contributed by atoms with van der Waals surface area (Å²) in [6.45, 7) is 0. The minimum Gasteiger partial charge on any atom is -0.506 e. The number of carboxylic acid groups (broad SMARTS) is 1. The quantitative estimate of drug-likeness (QED) is 0.717. The van der Waals surface area contributed by atoms with E-state index in [9.17, 15) is 18.3 Å². The van der Waals surface area contributed by atoms with Crippen LogP contribution in [0.1, 0.15) is 42.5 Å². The third-order valence-corrected chi connectivity index (χ3v) is 5.49. The van der Waals surface area contributed by atoms with Crippen molar-refractivity contribution in [1.29, 1.82) is 0 Å². The van der Waals surface area contributed by atoms with Gasteiger partial charge >= 0.3 is 16.2 Å². The van der Waals surface area contributed by atoms with Gasteiger partial charge in [-0.05, 0) is 31.0 Å². The Kier molecular flexibility index (Phi) is 4.92. The van der Waals surface area contributed by atoms with E-state index in [0.29, 0.717) is 0 Å². The normalized spacial score (nSPS) is 16.6. The second-order valence-electron chi connectivity index (χ2n) is 5.45. The second-order valence-corrected chi connectivity index (χ2v) is 7.18. The van der Waals surface area contributed by atoms with Crippen LogP contribution in [0.5, 0.6) is 5.75 Å². The first-order valence-corrected chi connectivity index (χ1v) is 8.57. The van der Waals surface area contributed by atoms with E-state index in [1.54, 1.807) is 0 Å². The molecule has 0 heterocycles. The summed E-state index contributed by atoms with van der Waals surface area (Å²) in [6.07, 6.45) is 4.77. The first kappa shape index (κ1) is 16.6. The van der Waals surface area contributed by atoms with Crippen molar-refractivity contribution in [1.82, 2.24) is 4.31 Å². The number of carbonyl (C=O) groups is 1. The summed E-state index contributed by atoms with van der Waals surface area (Å²) in [6, 6.07) is 3.44. The van der Waals surface area contributed by atoms with E-state index in [1.807, 2.05) is 0 Å². The lowest BCUT2D eigenvalue weighted by Gasteiger charge is -2.30. The predicted molar refractivity (Wildman–Crippen MR) is 82.2 cm³/mol. The van der Waals surface area contributed by atoms with Gasteiger partial charge in [0, 0.05) is 13.1 Å². The minimum atomic E-state index is -3.79. The molecule has 22 heavy (non-hydrogen) atoms. The van der Waals surface area contributed by atoms with Crippen LogP contribution in [0.15, 0.2) is 18.2 Å². The summed E-state index contributed by atoms with van der Waals surface area (Å²) in [5.41, 5.74) is -0.145. The van der Waals surface area contributed by atoms with Gasteiger partial charge in [0.05, 0.1) is 11.3 Å². The first-order chi connectivity index (χ1) is 10.3. The Labute approximate surface area is 129 Å². The number of rotatable bonds is 5. The van der Waals surface area contributed by atoms with Gasteiger partial charge in [0.2, 0.25) is 0 Å². The second kappa shape index (κ2) is 6.53. The van der Waals surface area contributed by atoms with E-state index >= 15 is 0 Å². The van der Waals surface area contributed by atoms with Gasteiger partial charge in [-0.15, -0.1) is 0 Å². The lowest BCUT2D eigenvalue weighted by Crippen LogP contribution is -2.41. The first-order valence-electron chi connectivity index (χ1n) is 7.13. The molecule has 1 aliphatic carbocycles. The van der Waals surface area contributed by atoms with Crippen molar-refractivity contribution in [2.24, 2.45) is 0 Å². The van der Waals surface area contributed by atoms with E-state index < -0.39 is 21.9 Å². The molecule has 1 fully saturated rings. The lowest BCUT2D eigenvalue weighted by molar-refractivity contribution is 0.0696. The maximum Gasteiger partial charge on any atom is 0.335 e. The Hall–Kier alpha value is -1.80. The number of aromatic hydroxyl groups is 1. The van der Waals surface area contributed by atoms with E-state index in [1.165, 1.54) is 23.5 Å². The molecule has 7 nitrogen and oxygen atoms in total. The molecule has 0 saturated heterocycles. The van der Waals surface area contributed by atoms with Crippen molar-refractivity contribution in [3.05, 3.63) is 23.8 Å². The fourth-order valence-electron chi connectivity index (χ4n) is 2.60. The Morgan fingerprint density at radius 2 is 1.91 bits per heavy atom. The van der Waals surface area contributed by atoms with Gasteiger partial charge in [-0.3, -0.25) is 4.72 Å². The number of benzene rings is 1. The number of phenolic OH excluding ortho intramolecular Hbond substituents is 1. The number of anilines is 1. The van der Waals surface area contributed by atoms with Gasteiger partial charge in [0.25, 0.3) is 0 Å². The molecule has 8 heteroatoms. The van der Waals surface area contributed by atoms with Crippen LogP contribution in [0.3, 0.4) is 0 Å². The fraction of sp³-hybridized carbons (Fsp3) is 0.500. The number of hydrogen-bond acceptors (Lipinski definition) is 4. The van der Waals surface area contributed by atoms with Crippen molar-refractivity contribution in [2.45, 2.75) is 38.1 Å². The van der Waals surface area contributed by atoms with E-state index in [-0.39, 0.29) is 17.3 Å². The van der Waals surface area contributed by atoms with Crippen LogP contribution in [-0.2, 0) is 10.2 Å². The highest BCUT2D eigenvalue weighted by atomic mass is 32.2. The summed E-state index contributed by atoms with van der Waals surface area (Å²) < 4.78 is 28.3. The SMILES string of the molecule is CN(C1CCCCC1)S(=O)(=O)Nc1ccc(C(=O)O)cc1O. The fourth-order valence-corrected chi connectivity index (χ4v) is 3.80. The van der Waals surface area contributed by atoms with Crippen LogP contribution >= 0.6 is 0 Å². The number of hydrogen-bond donors (Lipinski definition) is 3. The van der Waals surface area contributed by atoms with Crippen LogP contribution in [0.25, 0.3) is 0 Å². The van der Waals surface area contributed by atoms with Crippen LogP contribution in [0.4, 0.5) is 5.69 Å². The molecule has 0 atom stereocenters. The molecular weight excluding hydrogens is 308 g/mol. The molecule has 0 unspecified atom stereocenters. The lowest BCUT2D eigenvalue weighted by atomic mass is 9.96. The van der Waals surface area contributed by atoms with Crippen molar-refractivity contribution in [3.8, 4) is 5.75 Å². The largest absolute Gasteiger partial charge is 0.506 e. The number of nitrogens with zero attached hydrogens (tertiary/aromatic N) is 1. The highest BCUT2D eigenvalue weighted by Gasteiger charge is 2.28. The Bertz CT molecular complexity index is 653. The third-order valence-electron chi connectivity index (χ3n) is 3.95. The highest BCUT2D eigenvalue weighted by molar-refractivity contribution is 7.90. The van der Waals surface area contributed by atoms with Gasteiger partial charge in [0.15, 0.2) is 0 Å². The number of phenols is 1. The summed E-state index contributed by atoms with van der Waals surface area (Å²) in [5, 5.41) is 18.6. The number of nitrogens with one attached hydrogen (secondary N) is 1. The van der Waals surface area contributed by atoms with Gasteiger partial charge in [0.1, 0.15) is 5.75 Å². The van der Waals surface area contributed by atoms with Gasteiger partial charge in [-0.25, -0.2) is 4.79 Å². The molecule has 1 aromatic rings. The molecule has 1 aromatic carbocycles. The van der Waals surface area contributed by atoms with Gasteiger partial charge < -0.3 is 10.2 Å². The third kappa shape index (κ3) is 3.69. The Morgan fingerprint density at radius 1 is 1.27 bits per heavy atom. The van der Waals surface area contributed by atoms with E-state index in [4.69, 9.17) is 5.11 Å². The predicted octanol–water partition coefficient (Wildman–Crippen LogP) is 2.01. The molecular formula is C14H20N2O5S. The molecule has 1 saturated carbocycles. The van der Waals surface area contributed by atoms with Crippen molar-refractivity contribution < 1.29 is 23.4 Å². The molecule has 0 bridgehead atoms. The molecule has 0 aromatic heterocycles. The smallest absolute Gasteiger partial charge is 0.335 e. The Morgan fingerprint density at radius 3 is 2.45 bits per heavy atom. The summed E-state index contributed by atoms with van der Waals surface area (Å²) in [4.78, 5) is 10.8. The topological polar surface area (TPSA) is 107 Å². The average Bonchev–Trinajstić information content (AvgIpc) is 2.49. The molecule has 122 valence electrons. The number of carboxylic acids is 1. The monoisotopic (exact) mass is 328 g/mol. The summed E-state index contributed by atoms with van der Waals surface area (Å²) in [5.74, 6) is -1.61. The van der Waals surface area contributed by atoms with Crippen LogP contribution in [-0.4, -0.2) is 42.0 Å². The molecule has 2 rings (SSSR count). The molecule has 0 aliphatic heterocycles. The van der Waals surface area contributed by atoms with Crippen LogP contribution in [0.2, 0.25) is 0 Å². The van der Waals surface area contributed by atoms with E-state index in [2.05, 4.69) is 4.72 Å². The van der Waals surface area contributed by atoms with Gasteiger partial charge in [-0.1, -0.05) is 19.3 Å². The average molecular weight is 328 g/mol. The van der Waals surface area contributed by atoms with Gasteiger partial charge in [-0.2, -0.15) is 12.7 Å². The number of aromatic carboxylic acids is 1. The van der Waals surface area contributed by atoms with Crippen molar-refractivity contribution in [3.63, 3.8) is 0 Å². The molecule has 3 N–H and O–H groups in total. The molecule has 0 amide bonds. The molecule has 0 spiro atoms.